The van der Waals surface area contributed by atoms with E-state index < -0.39 is 0 Å². The summed E-state index contributed by atoms with van der Waals surface area (Å²) in [7, 11) is 0. The molecule has 1 atom stereocenters. The molecule has 1 aromatic heterocycles. The van der Waals surface area contributed by atoms with Gasteiger partial charge in [-0.3, -0.25) is 0 Å². The second-order valence-electron chi connectivity index (χ2n) is 4.59. The summed E-state index contributed by atoms with van der Waals surface area (Å²) < 4.78 is 16.7. The molecule has 0 N–H and O–H groups in total. The summed E-state index contributed by atoms with van der Waals surface area (Å²) >= 11 is 6.60. The van der Waals surface area contributed by atoms with Gasteiger partial charge in [0.2, 0.25) is 0 Å². The fourth-order valence-corrected chi connectivity index (χ4v) is 2.60. The van der Waals surface area contributed by atoms with Crippen molar-refractivity contribution in [2.24, 2.45) is 0 Å². The first-order valence-electron chi connectivity index (χ1n) is 7.31. The van der Waals surface area contributed by atoms with Crippen molar-refractivity contribution in [2.75, 3.05) is 13.2 Å². The SMILES string of the molecule is CCOc1ccc(C(Cl)c2ccoc2CC)cc1OCC. The average Bonchev–Trinajstić information content (AvgIpc) is 2.97. The van der Waals surface area contributed by atoms with Crippen LogP contribution in [-0.2, 0) is 6.42 Å². The Bertz CT molecular complexity index is 577. The van der Waals surface area contributed by atoms with Gasteiger partial charge in [-0.25, -0.2) is 0 Å². The van der Waals surface area contributed by atoms with Crippen LogP contribution >= 0.6 is 11.6 Å². The van der Waals surface area contributed by atoms with Gasteiger partial charge in [0.05, 0.1) is 24.9 Å². The van der Waals surface area contributed by atoms with Crippen molar-refractivity contribution in [1.29, 1.82) is 0 Å². The highest BCUT2D eigenvalue weighted by Crippen LogP contribution is 2.37. The minimum Gasteiger partial charge on any atom is -0.490 e. The molecule has 2 rings (SSSR count). The minimum atomic E-state index is -0.256. The quantitative estimate of drug-likeness (QED) is 0.677. The van der Waals surface area contributed by atoms with Gasteiger partial charge in [0.15, 0.2) is 11.5 Å². The van der Waals surface area contributed by atoms with E-state index in [2.05, 4.69) is 6.92 Å². The molecule has 1 unspecified atom stereocenters. The molecule has 1 heterocycles. The highest BCUT2D eigenvalue weighted by molar-refractivity contribution is 6.22. The maximum Gasteiger partial charge on any atom is 0.161 e. The van der Waals surface area contributed by atoms with Gasteiger partial charge in [0, 0.05) is 12.0 Å². The summed E-state index contributed by atoms with van der Waals surface area (Å²) in [5, 5.41) is -0.256. The Kier molecular flexibility index (Phi) is 5.57. The lowest BCUT2D eigenvalue weighted by molar-refractivity contribution is 0.287. The second-order valence-corrected chi connectivity index (χ2v) is 5.02. The minimum absolute atomic E-state index is 0.256. The van der Waals surface area contributed by atoms with Gasteiger partial charge < -0.3 is 13.9 Å². The van der Waals surface area contributed by atoms with Crippen molar-refractivity contribution in [1.82, 2.24) is 0 Å². The highest BCUT2D eigenvalue weighted by atomic mass is 35.5. The molecule has 0 spiro atoms. The first-order chi connectivity index (χ1) is 10.2. The molecule has 0 saturated heterocycles. The molecule has 0 amide bonds. The third kappa shape index (κ3) is 3.53. The van der Waals surface area contributed by atoms with Crippen LogP contribution < -0.4 is 9.47 Å². The fourth-order valence-electron chi connectivity index (χ4n) is 2.27. The maximum absolute atomic E-state index is 6.60. The Hall–Kier alpha value is -1.61. The van der Waals surface area contributed by atoms with Gasteiger partial charge in [-0.05, 0) is 37.6 Å². The summed E-state index contributed by atoms with van der Waals surface area (Å²) in [6.45, 7) is 7.14. The van der Waals surface area contributed by atoms with E-state index in [0.717, 1.165) is 34.8 Å². The number of hydrogen-bond donors (Lipinski definition) is 0. The Morgan fingerprint density at radius 2 is 1.76 bits per heavy atom. The summed E-state index contributed by atoms with van der Waals surface area (Å²) in [5.41, 5.74) is 1.98. The van der Waals surface area contributed by atoms with Crippen LogP contribution in [0.15, 0.2) is 34.9 Å². The molecular weight excluding hydrogens is 288 g/mol. The lowest BCUT2D eigenvalue weighted by atomic mass is 10.0. The molecule has 1 aromatic carbocycles. The van der Waals surface area contributed by atoms with Crippen molar-refractivity contribution in [2.45, 2.75) is 32.6 Å². The van der Waals surface area contributed by atoms with E-state index in [9.17, 15) is 0 Å². The number of halogens is 1. The number of ether oxygens (including phenoxy) is 2. The molecule has 2 aromatic rings. The number of aryl methyl sites for hydroxylation is 1. The van der Waals surface area contributed by atoms with Crippen LogP contribution in [0, 0.1) is 0 Å². The monoisotopic (exact) mass is 308 g/mol. The number of rotatable bonds is 7. The lowest BCUT2D eigenvalue weighted by Gasteiger charge is -2.15. The second kappa shape index (κ2) is 7.41. The van der Waals surface area contributed by atoms with Crippen LogP contribution in [0.1, 0.15) is 43.0 Å². The fraction of sp³-hybridized carbons (Fsp3) is 0.412. The van der Waals surface area contributed by atoms with Crippen molar-refractivity contribution in [3.05, 3.63) is 47.4 Å². The first kappa shape index (κ1) is 15.8. The van der Waals surface area contributed by atoms with E-state index >= 15 is 0 Å². The van der Waals surface area contributed by atoms with Crippen LogP contribution in [0.3, 0.4) is 0 Å². The van der Waals surface area contributed by atoms with Crippen molar-refractivity contribution >= 4 is 11.6 Å². The molecule has 0 saturated carbocycles. The van der Waals surface area contributed by atoms with Gasteiger partial charge in [-0.15, -0.1) is 11.6 Å². The molecule has 114 valence electrons. The number of alkyl halides is 1. The van der Waals surface area contributed by atoms with Crippen LogP contribution in [0.2, 0.25) is 0 Å². The number of benzene rings is 1. The van der Waals surface area contributed by atoms with Crippen LogP contribution in [0.5, 0.6) is 11.5 Å². The van der Waals surface area contributed by atoms with Crippen LogP contribution in [-0.4, -0.2) is 13.2 Å². The Morgan fingerprint density at radius 3 is 2.43 bits per heavy atom. The summed E-state index contributed by atoms with van der Waals surface area (Å²) in [6.07, 6.45) is 2.50. The molecule has 21 heavy (non-hydrogen) atoms. The zero-order valence-corrected chi connectivity index (χ0v) is 13.4. The normalized spacial score (nSPS) is 12.2. The van der Waals surface area contributed by atoms with Gasteiger partial charge in [0.1, 0.15) is 5.76 Å². The molecule has 0 bridgehead atoms. The molecule has 3 nitrogen and oxygen atoms in total. The zero-order valence-electron chi connectivity index (χ0n) is 12.7. The third-order valence-electron chi connectivity index (χ3n) is 3.23. The van der Waals surface area contributed by atoms with E-state index in [1.54, 1.807) is 6.26 Å². The predicted molar refractivity (Wildman–Crippen MR) is 84.6 cm³/mol. The van der Waals surface area contributed by atoms with Gasteiger partial charge in [-0.2, -0.15) is 0 Å². The largest absolute Gasteiger partial charge is 0.490 e. The summed E-state index contributed by atoms with van der Waals surface area (Å²) in [6, 6.07) is 7.74. The van der Waals surface area contributed by atoms with Crippen molar-refractivity contribution < 1.29 is 13.9 Å². The van der Waals surface area contributed by atoms with Gasteiger partial charge >= 0.3 is 0 Å². The molecule has 0 aliphatic carbocycles. The van der Waals surface area contributed by atoms with E-state index in [1.165, 1.54) is 0 Å². The molecule has 4 heteroatoms. The standard InChI is InChI=1S/C17H21ClO3/c1-4-14-13(9-10-21-14)17(18)12-7-8-15(19-5-2)16(11-12)20-6-3/h7-11,17H,4-6H2,1-3H3. The number of hydrogen-bond acceptors (Lipinski definition) is 3. The molecule has 0 fully saturated rings. The molecule has 0 radical (unpaired) electrons. The molecular formula is C17H21ClO3. The summed E-state index contributed by atoms with van der Waals surface area (Å²) in [5.74, 6) is 2.39. The van der Waals surface area contributed by atoms with Crippen LogP contribution in [0.4, 0.5) is 0 Å². The van der Waals surface area contributed by atoms with Crippen molar-refractivity contribution in [3.63, 3.8) is 0 Å². The van der Waals surface area contributed by atoms with E-state index in [-0.39, 0.29) is 5.38 Å². The predicted octanol–water partition coefficient (Wildman–Crippen LogP) is 4.97. The maximum atomic E-state index is 6.60. The smallest absolute Gasteiger partial charge is 0.161 e. The van der Waals surface area contributed by atoms with E-state index in [1.807, 2.05) is 38.1 Å². The summed E-state index contributed by atoms with van der Waals surface area (Å²) in [4.78, 5) is 0. The van der Waals surface area contributed by atoms with Crippen LogP contribution in [0.25, 0.3) is 0 Å². The Balaban J connectivity index is 2.33. The molecule has 0 aliphatic heterocycles. The molecule has 0 aliphatic rings. The van der Waals surface area contributed by atoms with E-state index in [0.29, 0.717) is 13.2 Å². The number of furan rings is 1. The van der Waals surface area contributed by atoms with E-state index in [4.69, 9.17) is 25.5 Å². The first-order valence-corrected chi connectivity index (χ1v) is 7.74. The third-order valence-corrected chi connectivity index (χ3v) is 3.72. The topological polar surface area (TPSA) is 31.6 Å². The van der Waals surface area contributed by atoms with Crippen molar-refractivity contribution in [3.8, 4) is 11.5 Å². The average molecular weight is 309 g/mol. The zero-order chi connectivity index (χ0) is 15.2. The van der Waals surface area contributed by atoms with Gasteiger partial charge in [-0.1, -0.05) is 13.0 Å². The highest BCUT2D eigenvalue weighted by Gasteiger charge is 2.18. The Labute approximate surface area is 130 Å². The van der Waals surface area contributed by atoms with Gasteiger partial charge in [0.25, 0.3) is 0 Å². The lowest BCUT2D eigenvalue weighted by Crippen LogP contribution is -2.01. The Morgan fingerprint density at radius 1 is 1.05 bits per heavy atom.